The van der Waals surface area contributed by atoms with Gasteiger partial charge in [0.05, 0.1) is 11.0 Å². The number of ether oxygens (including phenoxy) is 1. The van der Waals surface area contributed by atoms with Gasteiger partial charge in [-0.05, 0) is 30.9 Å². The van der Waals surface area contributed by atoms with Crippen molar-refractivity contribution in [3.63, 3.8) is 0 Å². The molecule has 0 N–H and O–H groups in total. The number of hydrogen-bond donors (Lipinski definition) is 0. The maximum atomic E-state index is 11.9. The van der Waals surface area contributed by atoms with Gasteiger partial charge in [0.15, 0.2) is 9.84 Å². The lowest BCUT2D eigenvalue weighted by molar-refractivity contribution is -0.387. The third-order valence-corrected chi connectivity index (χ3v) is 5.14. The zero-order chi connectivity index (χ0) is 17.9. The monoisotopic (exact) mass is 356 g/mol. The average Bonchev–Trinajstić information content (AvgIpc) is 2.52. The van der Waals surface area contributed by atoms with Gasteiger partial charge in [-0.15, -0.1) is 0 Å². The number of rotatable bonds is 6. The Morgan fingerprint density at radius 3 is 2.46 bits per heavy atom. The minimum atomic E-state index is -3.66. The molecule has 1 aliphatic heterocycles. The summed E-state index contributed by atoms with van der Waals surface area (Å²) in [7, 11) is -3.66. The molecule has 0 aromatic heterocycles. The molecular formula is C16H24N2O5S. The molecule has 0 aliphatic carbocycles. The van der Waals surface area contributed by atoms with Crippen LogP contribution in [0.2, 0.25) is 0 Å². The number of benzene rings is 1. The number of piperidine rings is 1. The van der Waals surface area contributed by atoms with Gasteiger partial charge in [-0.25, -0.2) is 8.42 Å². The number of nitrogens with zero attached hydrogens (tertiary/aromatic N) is 2. The predicted octanol–water partition coefficient (Wildman–Crippen LogP) is 2.64. The summed E-state index contributed by atoms with van der Waals surface area (Å²) in [6.07, 6.45) is 2.93. The van der Waals surface area contributed by atoms with Crippen molar-refractivity contribution in [3.05, 3.63) is 28.3 Å². The van der Waals surface area contributed by atoms with E-state index in [0.29, 0.717) is 11.6 Å². The van der Waals surface area contributed by atoms with Gasteiger partial charge in [-0.2, -0.15) is 0 Å². The van der Waals surface area contributed by atoms with E-state index in [1.807, 2.05) is 4.90 Å². The summed E-state index contributed by atoms with van der Waals surface area (Å²) in [6, 6.07) is 4.29. The second kappa shape index (κ2) is 7.48. The van der Waals surface area contributed by atoms with E-state index in [4.69, 9.17) is 4.74 Å². The Balaban J connectivity index is 2.12. The molecule has 1 saturated heterocycles. The average molecular weight is 356 g/mol. The molecule has 2 rings (SSSR count). The van der Waals surface area contributed by atoms with Crippen LogP contribution in [0.1, 0.15) is 26.7 Å². The summed E-state index contributed by atoms with van der Waals surface area (Å²) < 4.78 is 29.5. The van der Waals surface area contributed by atoms with Crippen LogP contribution in [-0.2, 0) is 14.6 Å². The van der Waals surface area contributed by atoms with E-state index >= 15 is 0 Å². The second-order valence-corrected chi connectivity index (χ2v) is 8.58. The highest BCUT2D eigenvalue weighted by atomic mass is 32.2. The summed E-state index contributed by atoms with van der Waals surface area (Å²) >= 11 is 0. The quantitative estimate of drug-likeness (QED) is 0.575. The van der Waals surface area contributed by atoms with E-state index in [1.54, 1.807) is 6.07 Å². The largest absolute Gasteiger partial charge is 0.378 e. The maximum absolute atomic E-state index is 11.9. The van der Waals surface area contributed by atoms with Crippen molar-refractivity contribution in [3.8, 4) is 0 Å². The minimum Gasteiger partial charge on any atom is -0.378 e. The Kier molecular flexibility index (Phi) is 5.82. The summed E-state index contributed by atoms with van der Waals surface area (Å²) in [5, 5.41) is 11.0. The van der Waals surface area contributed by atoms with Crippen molar-refractivity contribution in [2.45, 2.75) is 37.7 Å². The third-order valence-electron chi connectivity index (χ3n) is 4.01. The highest BCUT2D eigenvalue weighted by Crippen LogP contribution is 2.30. The first-order valence-electron chi connectivity index (χ1n) is 8.03. The Morgan fingerprint density at radius 1 is 1.33 bits per heavy atom. The van der Waals surface area contributed by atoms with Gasteiger partial charge in [0.1, 0.15) is 4.90 Å². The first kappa shape index (κ1) is 18.7. The SMILES string of the molecule is CC(C)COC1CCN(c2ccc([N+](=O)[O-])c(S(C)(=O)=O)c2)CC1. The van der Waals surface area contributed by atoms with E-state index in [1.165, 1.54) is 12.1 Å². The lowest BCUT2D eigenvalue weighted by Gasteiger charge is -2.34. The number of nitro benzene ring substituents is 1. The summed E-state index contributed by atoms with van der Waals surface area (Å²) in [4.78, 5) is 12.2. The van der Waals surface area contributed by atoms with Crippen LogP contribution in [0.15, 0.2) is 23.1 Å². The molecule has 7 nitrogen and oxygen atoms in total. The van der Waals surface area contributed by atoms with Crippen molar-refractivity contribution in [1.82, 2.24) is 0 Å². The van der Waals surface area contributed by atoms with E-state index < -0.39 is 14.8 Å². The molecule has 0 amide bonds. The van der Waals surface area contributed by atoms with E-state index in [2.05, 4.69) is 13.8 Å². The Labute approximate surface area is 142 Å². The minimum absolute atomic E-state index is 0.219. The molecule has 0 atom stereocenters. The molecule has 24 heavy (non-hydrogen) atoms. The van der Waals surface area contributed by atoms with Gasteiger partial charge in [-0.3, -0.25) is 10.1 Å². The second-order valence-electron chi connectivity index (χ2n) is 6.59. The zero-order valence-electron chi connectivity index (χ0n) is 14.3. The van der Waals surface area contributed by atoms with Crippen molar-refractivity contribution >= 4 is 21.2 Å². The summed E-state index contributed by atoms with van der Waals surface area (Å²) in [5.74, 6) is 0.495. The molecule has 0 bridgehead atoms. The van der Waals surface area contributed by atoms with Crippen LogP contribution >= 0.6 is 0 Å². The van der Waals surface area contributed by atoms with Crippen molar-refractivity contribution < 1.29 is 18.1 Å². The zero-order valence-corrected chi connectivity index (χ0v) is 15.1. The molecule has 1 aromatic rings. The molecular weight excluding hydrogens is 332 g/mol. The topological polar surface area (TPSA) is 89.8 Å². The van der Waals surface area contributed by atoms with Gasteiger partial charge in [0.2, 0.25) is 0 Å². The van der Waals surface area contributed by atoms with E-state index in [-0.39, 0.29) is 16.7 Å². The van der Waals surface area contributed by atoms with Gasteiger partial charge in [0.25, 0.3) is 5.69 Å². The lowest BCUT2D eigenvalue weighted by atomic mass is 10.1. The lowest BCUT2D eigenvalue weighted by Crippen LogP contribution is -2.37. The van der Waals surface area contributed by atoms with Crippen LogP contribution in [0, 0.1) is 16.0 Å². The van der Waals surface area contributed by atoms with Gasteiger partial charge >= 0.3 is 0 Å². The van der Waals surface area contributed by atoms with Crippen LogP contribution in [-0.4, -0.2) is 45.4 Å². The molecule has 1 aliphatic rings. The summed E-state index contributed by atoms with van der Waals surface area (Å²) in [5.41, 5.74) is 0.319. The fourth-order valence-corrected chi connectivity index (χ4v) is 3.61. The molecule has 0 saturated carbocycles. The number of hydrogen-bond acceptors (Lipinski definition) is 6. The molecule has 1 fully saturated rings. The number of anilines is 1. The number of nitro groups is 1. The molecule has 1 aromatic carbocycles. The first-order valence-corrected chi connectivity index (χ1v) is 9.92. The normalized spacial score (nSPS) is 16.6. The molecule has 8 heteroatoms. The van der Waals surface area contributed by atoms with E-state index in [9.17, 15) is 18.5 Å². The third kappa shape index (κ3) is 4.67. The highest BCUT2D eigenvalue weighted by Gasteiger charge is 2.26. The first-order chi connectivity index (χ1) is 11.2. The van der Waals surface area contributed by atoms with Crippen LogP contribution < -0.4 is 4.90 Å². The molecule has 134 valence electrons. The van der Waals surface area contributed by atoms with Crippen molar-refractivity contribution in [1.29, 1.82) is 0 Å². The smallest absolute Gasteiger partial charge is 0.288 e. The van der Waals surface area contributed by atoms with Crippen LogP contribution in [0.5, 0.6) is 0 Å². The Bertz CT molecular complexity index is 694. The molecule has 0 radical (unpaired) electrons. The van der Waals surface area contributed by atoms with Gasteiger partial charge in [-0.1, -0.05) is 13.8 Å². The Hall–Kier alpha value is -1.67. The van der Waals surface area contributed by atoms with Crippen molar-refractivity contribution in [2.24, 2.45) is 5.92 Å². The fourth-order valence-electron chi connectivity index (χ4n) is 2.76. The number of sulfone groups is 1. The van der Waals surface area contributed by atoms with E-state index in [0.717, 1.165) is 38.8 Å². The summed E-state index contributed by atoms with van der Waals surface area (Å²) in [6.45, 7) is 6.44. The molecule has 0 unspecified atom stereocenters. The van der Waals surface area contributed by atoms with Gasteiger partial charge < -0.3 is 9.64 Å². The van der Waals surface area contributed by atoms with Crippen molar-refractivity contribution in [2.75, 3.05) is 30.9 Å². The standard InChI is InChI=1S/C16H24N2O5S/c1-12(2)11-23-14-6-8-17(9-7-14)13-4-5-15(18(19)20)16(10-13)24(3,21)22/h4-5,10,12,14H,6-9,11H2,1-3H3. The van der Waals surface area contributed by atoms with Crippen LogP contribution in [0.4, 0.5) is 11.4 Å². The Morgan fingerprint density at radius 2 is 1.96 bits per heavy atom. The van der Waals surface area contributed by atoms with Crippen LogP contribution in [0.3, 0.4) is 0 Å². The van der Waals surface area contributed by atoms with Crippen LogP contribution in [0.25, 0.3) is 0 Å². The predicted molar refractivity (Wildman–Crippen MR) is 92.2 cm³/mol. The highest BCUT2D eigenvalue weighted by molar-refractivity contribution is 7.90. The maximum Gasteiger partial charge on any atom is 0.288 e. The molecule has 1 heterocycles. The molecule has 0 spiro atoms. The fraction of sp³-hybridized carbons (Fsp3) is 0.625. The van der Waals surface area contributed by atoms with Gasteiger partial charge in [0, 0.05) is 37.7 Å².